The third-order valence-corrected chi connectivity index (χ3v) is 3.87. The number of anilines is 1. The average molecular weight is 328 g/mol. The zero-order valence-electron chi connectivity index (χ0n) is 13.1. The molecule has 1 aromatic carbocycles. The van der Waals surface area contributed by atoms with Crippen LogP contribution in [0.4, 0.5) is 5.69 Å². The van der Waals surface area contributed by atoms with Crippen LogP contribution in [0.1, 0.15) is 35.1 Å². The predicted octanol–water partition coefficient (Wildman–Crippen LogP) is 4.50. The van der Waals surface area contributed by atoms with E-state index in [9.17, 15) is 4.79 Å². The van der Waals surface area contributed by atoms with E-state index in [2.05, 4.69) is 17.2 Å². The van der Waals surface area contributed by atoms with Gasteiger partial charge in [0.05, 0.1) is 5.69 Å². The number of nitrogens with one attached hydrogen (secondary N) is 1. The SMILES string of the molecule is CCCc1nc2cc(C)ccn2c1C(=O)Nc1cccc(Cl)c1. The molecule has 0 saturated heterocycles. The lowest BCUT2D eigenvalue weighted by Crippen LogP contribution is -2.16. The topological polar surface area (TPSA) is 46.4 Å². The van der Waals surface area contributed by atoms with Crippen LogP contribution in [-0.2, 0) is 6.42 Å². The van der Waals surface area contributed by atoms with Gasteiger partial charge in [-0.05, 0) is 49.2 Å². The Bertz CT molecular complexity index is 870. The van der Waals surface area contributed by atoms with Gasteiger partial charge >= 0.3 is 0 Å². The molecule has 118 valence electrons. The van der Waals surface area contributed by atoms with E-state index in [-0.39, 0.29) is 5.91 Å². The van der Waals surface area contributed by atoms with E-state index in [0.29, 0.717) is 16.4 Å². The molecule has 2 aromatic heterocycles. The van der Waals surface area contributed by atoms with Gasteiger partial charge in [-0.2, -0.15) is 0 Å². The second kappa shape index (κ2) is 6.42. The van der Waals surface area contributed by atoms with Crippen molar-refractivity contribution in [2.24, 2.45) is 0 Å². The molecule has 1 N–H and O–H groups in total. The normalized spacial score (nSPS) is 10.9. The minimum Gasteiger partial charge on any atom is -0.321 e. The van der Waals surface area contributed by atoms with Crippen molar-refractivity contribution < 1.29 is 4.79 Å². The Morgan fingerprint density at radius 3 is 2.87 bits per heavy atom. The molecule has 0 unspecified atom stereocenters. The molecule has 5 heteroatoms. The molecule has 0 radical (unpaired) electrons. The molecule has 0 saturated carbocycles. The summed E-state index contributed by atoms with van der Waals surface area (Å²) in [5.74, 6) is -0.174. The first-order chi connectivity index (χ1) is 11.1. The largest absolute Gasteiger partial charge is 0.321 e. The zero-order chi connectivity index (χ0) is 16.4. The smallest absolute Gasteiger partial charge is 0.274 e. The number of hydrogen-bond donors (Lipinski definition) is 1. The number of amides is 1. The molecule has 0 aliphatic heterocycles. The summed E-state index contributed by atoms with van der Waals surface area (Å²) < 4.78 is 1.85. The van der Waals surface area contributed by atoms with Crippen LogP contribution in [0.25, 0.3) is 5.65 Å². The number of carbonyl (C=O) groups excluding carboxylic acids is 1. The summed E-state index contributed by atoms with van der Waals surface area (Å²) in [6.07, 6.45) is 3.59. The Kier molecular flexibility index (Phi) is 4.35. The maximum Gasteiger partial charge on any atom is 0.274 e. The standard InChI is InChI=1S/C18H18ClN3O/c1-3-5-15-17(22-9-8-12(2)10-16(22)21-15)18(23)20-14-7-4-6-13(19)11-14/h4,6-11H,3,5H2,1-2H3,(H,20,23). The van der Waals surface area contributed by atoms with E-state index in [1.54, 1.807) is 12.1 Å². The van der Waals surface area contributed by atoms with Crippen LogP contribution >= 0.6 is 11.6 Å². The van der Waals surface area contributed by atoms with Crippen LogP contribution in [0.15, 0.2) is 42.6 Å². The number of carbonyl (C=O) groups is 1. The van der Waals surface area contributed by atoms with Gasteiger partial charge in [0, 0.05) is 16.9 Å². The number of pyridine rings is 1. The lowest BCUT2D eigenvalue weighted by molar-refractivity contribution is 0.102. The number of fused-ring (bicyclic) bond motifs is 1. The van der Waals surface area contributed by atoms with Crippen LogP contribution in [0.2, 0.25) is 5.02 Å². The van der Waals surface area contributed by atoms with E-state index in [4.69, 9.17) is 11.6 Å². The van der Waals surface area contributed by atoms with E-state index >= 15 is 0 Å². The zero-order valence-corrected chi connectivity index (χ0v) is 13.9. The van der Waals surface area contributed by atoms with Crippen molar-refractivity contribution in [3.8, 4) is 0 Å². The fourth-order valence-electron chi connectivity index (χ4n) is 2.60. The van der Waals surface area contributed by atoms with E-state index in [0.717, 1.165) is 29.7 Å². The molecule has 0 aliphatic carbocycles. The van der Waals surface area contributed by atoms with Gasteiger partial charge in [-0.25, -0.2) is 4.98 Å². The highest BCUT2D eigenvalue weighted by Crippen LogP contribution is 2.19. The maximum absolute atomic E-state index is 12.8. The maximum atomic E-state index is 12.8. The van der Waals surface area contributed by atoms with Gasteiger partial charge < -0.3 is 5.32 Å². The number of hydrogen-bond acceptors (Lipinski definition) is 2. The highest BCUT2D eigenvalue weighted by Gasteiger charge is 2.19. The van der Waals surface area contributed by atoms with Gasteiger partial charge in [0.15, 0.2) is 0 Å². The first-order valence-electron chi connectivity index (χ1n) is 7.63. The second-order valence-electron chi connectivity index (χ2n) is 5.55. The predicted molar refractivity (Wildman–Crippen MR) is 93.3 cm³/mol. The van der Waals surface area contributed by atoms with Gasteiger partial charge in [0.1, 0.15) is 11.3 Å². The molecule has 0 bridgehead atoms. The molecular weight excluding hydrogens is 310 g/mol. The average Bonchev–Trinajstić information content (AvgIpc) is 2.84. The fraction of sp³-hybridized carbons (Fsp3) is 0.222. The van der Waals surface area contributed by atoms with Gasteiger partial charge in [-0.15, -0.1) is 0 Å². The summed E-state index contributed by atoms with van der Waals surface area (Å²) in [4.78, 5) is 17.4. The Morgan fingerprint density at radius 1 is 1.30 bits per heavy atom. The Labute approximate surface area is 140 Å². The third-order valence-electron chi connectivity index (χ3n) is 3.64. The number of aryl methyl sites for hydroxylation is 2. The summed E-state index contributed by atoms with van der Waals surface area (Å²) in [6, 6.07) is 11.1. The third kappa shape index (κ3) is 3.22. The summed E-state index contributed by atoms with van der Waals surface area (Å²) in [5.41, 5.74) is 3.99. The molecule has 4 nitrogen and oxygen atoms in total. The Hall–Kier alpha value is -2.33. The first-order valence-corrected chi connectivity index (χ1v) is 8.01. The second-order valence-corrected chi connectivity index (χ2v) is 5.99. The summed E-state index contributed by atoms with van der Waals surface area (Å²) in [5, 5.41) is 3.49. The number of benzene rings is 1. The summed E-state index contributed by atoms with van der Waals surface area (Å²) in [7, 11) is 0. The number of nitrogens with zero attached hydrogens (tertiary/aromatic N) is 2. The lowest BCUT2D eigenvalue weighted by Gasteiger charge is -2.07. The number of imidazole rings is 1. The van der Waals surface area contributed by atoms with Crippen molar-refractivity contribution in [3.05, 3.63) is 64.6 Å². The minimum atomic E-state index is -0.174. The molecule has 2 heterocycles. The van der Waals surface area contributed by atoms with Crippen molar-refractivity contribution in [2.45, 2.75) is 26.7 Å². The Balaban J connectivity index is 2.02. The minimum absolute atomic E-state index is 0.174. The quantitative estimate of drug-likeness (QED) is 0.766. The molecule has 23 heavy (non-hydrogen) atoms. The van der Waals surface area contributed by atoms with Crippen LogP contribution < -0.4 is 5.32 Å². The number of rotatable bonds is 4. The number of halogens is 1. The van der Waals surface area contributed by atoms with Crippen LogP contribution in [0.5, 0.6) is 0 Å². The van der Waals surface area contributed by atoms with Crippen molar-refractivity contribution in [3.63, 3.8) is 0 Å². The highest BCUT2D eigenvalue weighted by molar-refractivity contribution is 6.30. The van der Waals surface area contributed by atoms with E-state index in [1.807, 2.05) is 41.8 Å². The van der Waals surface area contributed by atoms with Crippen molar-refractivity contribution in [2.75, 3.05) is 5.32 Å². The van der Waals surface area contributed by atoms with Crippen LogP contribution in [0, 0.1) is 6.92 Å². The monoisotopic (exact) mass is 327 g/mol. The highest BCUT2D eigenvalue weighted by atomic mass is 35.5. The van der Waals surface area contributed by atoms with E-state index in [1.165, 1.54) is 0 Å². The molecule has 1 amide bonds. The Morgan fingerprint density at radius 2 is 2.13 bits per heavy atom. The summed E-state index contributed by atoms with van der Waals surface area (Å²) >= 11 is 5.98. The number of aromatic nitrogens is 2. The van der Waals surface area contributed by atoms with Crippen LogP contribution in [0.3, 0.4) is 0 Å². The van der Waals surface area contributed by atoms with Crippen molar-refractivity contribution in [1.82, 2.24) is 9.38 Å². The van der Waals surface area contributed by atoms with Gasteiger partial charge in [-0.3, -0.25) is 9.20 Å². The molecular formula is C18H18ClN3O. The summed E-state index contributed by atoms with van der Waals surface area (Å²) in [6.45, 7) is 4.09. The van der Waals surface area contributed by atoms with Gasteiger partial charge in [-0.1, -0.05) is 31.0 Å². The van der Waals surface area contributed by atoms with Gasteiger partial charge in [0.2, 0.25) is 0 Å². The lowest BCUT2D eigenvalue weighted by atomic mass is 10.2. The molecule has 3 aromatic rings. The van der Waals surface area contributed by atoms with Gasteiger partial charge in [0.25, 0.3) is 5.91 Å². The molecule has 0 atom stereocenters. The van der Waals surface area contributed by atoms with Crippen molar-refractivity contribution in [1.29, 1.82) is 0 Å². The van der Waals surface area contributed by atoms with E-state index < -0.39 is 0 Å². The first kappa shape index (κ1) is 15.6. The molecule has 0 aliphatic rings. The molecule has 3 rings (SSSR count). The molecule has 0 spiro atoms. The molecule has 0 fully saturated rings. The van der Waals surface area contributed by atoms with Crippen molar-refractivity contribution >= 4 is 28.8 Å². The van der Waals surface area contributed by atoms with Crippen LogP contribution in [-0.4, -0.2) is 15.3 Å². The fourth-order valence-corrected chi connectivity index (χ4v) is 2.79.